The maximum Gasteiger partial charge on any atom is 0.407 e. The monoisotopic (exact) mass is 250 g/mol. The first kappa shape index (κ1) is 14.5. The van der Waals surface area contributed by atoms with E-state index in [1.807, 2.05) is 12.1 Å². The lowest BCUT2D eigenvalue weighted by atomic mass is 9.89. The van der Waals surface area contributed by atoms with Gasteiger partial charge in [-0.2, -0.15) is 0 Å². The molecule has 1 amide bonds. The predicted octanol–water partition coefficient (Wildman–Crippen LogP) is 3.09. The van der Waals surface area contributed by atoms with E-state index in [-0.39, 0.29) is 0 Å². The van der Waals surface area contributed by atoms with Gasteiger partial charge in [0.25, 0.3) is 0 Å². The van der Waals surface area contributed by atoms with Crippen LogP contribution in [0.2, 0.25) is 0 Å². The van der Waals surface area contributed by atoms with Gasteiger partial charge in [-0.25, -0.2) is 4.79 Å². The number of ether oxygens (including phenoxy) is 1. The van der Waals surface area contributed by atoms with Crippen molar-refractivity contribution in [2.45, 2.75) is 39.7 Å². The minimum Gasteiger partial charge on any atom is -0.453 e. The van der Waals surface area contributed by atoms with Crippen molar-refractivity contribution in [2.75, 3.05) is 7.11 Å². The van der Waals surface area contributed by atoms with Crippen LogP contribution in [0.15, 0.2) is 18.2 Å². The van der Waals surface area contributed by atoms with E-state index in [9.17, 15) is 4.79 Å². The molecule has 100 valence electrons. The number of nitrogens with zero attached hydrogens (tertiary/aromatic N) is 1. The van der Waals surface area contributed by atoms with E-state index in [4.69, 9.17) is 0 Å². The van der Waals surface area contributed by atoms with E-state index >= 15 is 0 Å². The van der Waals surface area contributed by atoms with Crippen LogP contribution in [0.1, 0.15) is 44.5 Å². The Bertz CT molecular complexity index is 391. The summed E-state index contributed by atoms with van der Waals surface area (Å²) in [5, 5.41) is 2.64. The number of hydrogen-bond donors (Lipinski definition) is 1. The van der Waals surface area contributed by atoms with Crippen LogP contribution in [0.5, 0.6) is 0 Å². The topological polar surface area (TPSA) is 51.2 Å². The van der Waals surface area contributed by atoms with E-state index in [0.29, 0.717) is 18.4 Å². The van der Waals surface area contributed by atoms with Crippen molar-refractivity contribution in [1.82, 2.24) is 10.3 Å². The molecule has 0 bridgehead atoms. The Morgan fingerprint density at radius 3 is 2.72 bits per heavy atom. The number of carbonyl (C=O) groups excluding carboxylic acids is 1. The first-order valence-corrected chi connectivity index (χ1v) is 6.36. The molecular formula is C14H22N2O2. The highest BCUT2D eigenvalue weighted by Crippen LogP contribution is 2.25. The van der Waals surface area contributed by atoms with Crippen molar-refractivity contribution in [2.24, 2.45) is 5.92 Å². The number of carbonyl (C=O) groups is 1. The lowest BCUT2D eigenvalue weighted by Crippen LogP contribution is -2.23. The van der Waals surface area contributed by atoms with Crippen LogP contribution in [0.3, 0.4) is 0 Å². The number of methoxy groups -OCH3 is 1. The molecule has 1 heterocycles. The molecule has 1 atom stereocenters. The van der Waals surface area contributed by atoms with Gasteiger partial charge in [-0.3, -0.25) is 4.98 Å². The van der Waals surface area contributed by atoms with E-state index in [1.54, 1.807) is 0 Å². The largest absolute Gasteiger partial charge is 0.453 e. The zero-order valence-electron chi connectivity index (χ0n) is 11.6. The molecule has 0 spiro atoms. The van der Waals surface area contributed by atoms with E-state index in [1.165, 1.54) is 7.11 Å². The minimum absolute atomic E-state index is 0.398. The first-order valence-electron chi connectivity index (χ1n) is 6.36. The van der Waals surface area contributed by atoms with Gasteiger partial charge < -0.3 is 10.1 Å². The fourth-order valence-corrected chi connectivity index (χ4v) is 2.06. The van der Waals surface area contributed by atoms with Gasteiger partial charge in [-0.1, -0.05) is 26.8 Å². The molecule has 0 aromatic carbocycles. The van der Waals surface area contributed by atoms with Crippen LogP contribution >= 0.6 is 0 Å². The number of nitrogens with one attached hydrogen (secondary N) is 1. The van der Waals surface area contributed by atoms with Crippen molar-refractivity contribution < 1.29 is 9.53 Å². The molecule has 18 heavy (non-hydrogen) atoms. The third-order valence-electron chi connectivity index (χ3n) is 3.05. The summed E-state index contributed by atoms with van der Waals surface area (Å²) in [5.41, 5.74) is 1.95. The van der Waals surface area contributed by atoms with Crippen LogP contribution in [-0.4, -0.2) is 18.2 Å². The number of alkyl carbamates (subject to hydrolysis) is 1. The van der Waals surface area contributed by atoms with Crippen LogP contribution in [0, 0.1) is 5.92 Å². The summed E-state index contributed by atoms with van der Waals surface area (Å²) in [7, 11) is 1.35. The summed E-state index contributed by atoms with van der Waals surface area (Å²) in [6, 6.07) is 5.95. The maximum atomic E-state index is 11.0. The Morgan fingerprint density at radius 2 is 2.17 bits per heavy atom. The minimum atomic E-state index is -0.432. The fraction of sp³-hybridized carbons (Fsp3) is 0.571. The van der Waals surface area contributed by atoms with Crippen LogP contribution in [0.4, 0.5) is 4.79 Å². The molecule has 1 aromatic heterocycles. The van der Waals surface area contributed by atoms with Crippen molar-refractivity contribution in [1.29, 1.82) is 0 Å². The average molecular weight is 250 g/mol. The maximum absolute atomic E-state index is 11.0. The van der Waals surface area contributed by atoms with E-state index < -0.39 is 6.09 Å². The highest BCUT2D eigenvalue weighted by Gasteiger charge is 2.15. The smallest absolute Gasteiger partial charge is 0.407 e. The Balaban J connectivity index is 2.75. The Morgan fingerprint density at radius 1 is 1.44 bits per heavy atom. The molecule has 0 radical (unpaired) electrons. The fourth-order valence-electron chi connectivity index (χ4n) is 2.06. The molecule has 1 rings (SSSR count). The summed E-state index contributed by atoms with van der Waals surface area (Å²) in [6.07, 6.45) is 0.636. The Hall–Kier alpha value is -1.58. The lowest BCUT2D eigenvalue weighted by Gasteiger charge is -2.19. The number of pyridine rings is 1. The summed E-state index contributed by atoms with van der Waals surface area (Å²) >= 11 is 0. The average Bonchev–Trinajstić information content (AvgIpc) is 2.37. The van der Waals surface area contributed by atoms with Gasteiger partial charge in [-0.05, 0) is 24.5 Å². The van der Waals surface area contributed by atoms with Gasteiger partial charge in [0, 0.05) is 11.6 Å². The van der Waals surface area contributed by atoms with Crippen LogP contribution < -0.4 is 5.32 Å². The molecule has 0 saturated heterocycles. The van der Waals surface area contributed by atoms with Gasteiger partial charge in [0.15, 0.2) is 0 Å². The molecule has 0 aliphatic carbocycles. The van der Waals surface area contributed by atoms with E-state index in [2.05, 4.69) is 41.9 Å². The standard InChI is InChI=1S/C14H22N2O2/c1-5-12(10(2)3)13-8-6-7-11(16-13)9-15-14(17)18-4/h6-8,10,12H,5,9H2,1-4H3,(H,15,17)/t12-/m1/s1. The number of hydrogen-bond acceptors (Lipinski definition) is 3. The lowest BCUT2D eigenvalue weighted by molar-refractivity contribution is 0.170. The molecule has 1 aromatic rings. The first-order chi connectivity index (χ1) is 8.58. The second-order valence-electron chi connectivity index (χ2n) is 4.66. The second kappa shape index (κ2) is 6.99. The zero-order chi connectivity index (χ0) is 13.5. The van der Waals surface area contributed by atoms with Gasteiger partial charge in [0.2, 0.25) is 0 Å². The molecule has 0 unspecified atom stereocenters. The predicted molar refractivity (Wildman–Crippen MR) is 71.4 cm³/mol. The van der Waals surface area contributed by atoms with Crippen molar-refractivity contribution >= 4 is 6.09 Å². The second-order valence-corrected chi connectivity index (χ2v) is 4.66. The third-order valence-corrected chi connectivity index (χ3v) is 3.05. The van der Waals surface area contributed by atoms with Gasteiger partial charge >= 0.3 is 6.09 Å². The molecule has 4 nitrogen and oxygen atoms in total. The highest BCUT2D eigenvalue weighted by atomic mass is 16.5. The zero-order valence-corrected chi connectivity index (χ0v) is 11.6. The molecule has 4 heteroatoms. The normalized spacial score (nSPS) is 12.3. The molecule has 0 saturated carbocycles. The van der Waals surface area contributed by atoms with Gasteiger partial charge in [0.05, 0.1) is 19.3 Å². The number of rotatable bonds is 5. The molecule has 0 fully saturated rings. The third kappa shape index (κ3) is 4.02. The van der Waals surface area contributed by atoms with Crippen molar-refractivity contribution in [3.63, 3.8) is 0 Å². The van der Waals surface area contributed by atoms with Gasteiger partial charge in [-0.15, -0.1) is 0 Å². The molecule has 0 aliphatic heterocycles. The summed E-state index contributed by atoms with van der Waals surface area (Å²) in [4.78, 5) is 15.6. The number of amides is 1. The molecule has 1 N–H and O–H groups in total. The van der Waals surface area contributed by atoms with Crippen molar-refractivity contribution in [3.8, 4) is 0 Å². The summed E-state index contributed by atoms with van der Waals surface area (Å²) < 4.78 is 4.53. The van der Waals surface area contributed by atoms with Crippen LogP contribution in [0.25, 0.3) is 0 Å². The van der Waals surface area contributed by atoms with Gasteiger partial charge in [0.1, 0.15) is 0 Å². The number of aromatic nitrogens is 1. The quantitative estimate of drug-likeness (QED) is 0.873. The van der Waals surface area contributed by atoms with E-state index in [0.717, 1.165) is 17.8 Å². The van der Waals surface area contributed by atoms with Crippen LogP contribution in [-0.2, 0) is 11.3 Å². The Kier molecular flexibility index (Phi) is 5.62. The SMILES string of the molecule is CC[C@@H](c1cccc(CNC(=O)OC)n1)C(C)C. The molecular weight excluding hydrogens is 228 g/mol. The summed E-state index contributed by atoms with van der Waals surface area (Å²) in [6.45, 7) is 6.98. The summed E-state index contributed by atoms with van der Waals surface area (Å²) in [5.74, 6) is 1.02. The molecule has 0 aliphatic rings. The Labute approximate surface area is 109 Å². The van der Waals surface area contributed by atoms with Crippen molar-refractivity contribution in [3.05, 3.63) is 29.6 Å². The highest BCUT2D eigenvalue weighted by molar-refractivity contribution is 5.66.